The monoisotopic (exact) mass is 304 g/mol. The molecule has 1 aliphatic rings. The third-order valence-electron chi connectivity index (χ3n) is 2.72. The summed E-state index contributed by atoms with van der Waals surface area (Å²) in [6.45, 7) is 2.50. The summed E-state index contributed by atoms with van der Waals surface area (Å²) in [6, 6.07) is -1.11. The molecule has 1 amide bonds. The van der Waals surface area contributed by atoms with E-state index in [0.29, 0.717) is 0 Å². The van der Waals surface area contributed by atoms with Crippen molar-refractivity contribution >= 4 is 21.9 Å². The normalized spacial score (nSPS) is 19.1. The van der Waals surface area contributed by atoms with Gasteiger partial charge in [0.1, 0.15) is 34.6 Å². The van der Waals surface area contributed by atoms with Crippen LogP contribution in [-0.4, -0.2) is 38.0 Å². The van der Waals surface area contributed by atoms with Crippen molar-refractivity contribution in [2.45, 2.75) is 24.8 Å². The molecule has 2 heterocycles. The molecule has 0 bridgehead atoms. The van der Waals surface area contributed by atoms with E-state index in [1.807, 2.05) is 5.48 Å². The molecule has 0 radical (unpaired) electrons. The zero-order chi connectivity index (χ0) is 15.1. The Bertz CT molecular complexity index is 676. The van der Waals surface area contributed by atoms with Gasteiger partial charge in [0.05, 0.1) is 0 Å². The van der Waals surface area contributed by atoms with Crippen LogP contribution in [0.15, 0.2) is 9.31 Å². The summed E-state index contributed by atoms with van der Waals surface area (Å²) in [6.07, 6.45) is 0. The summed E-state index contributed by atoms with van der Waals surface area (Å²) in [5.41, 5.74) is 1.55. The number of carboxylic acid groups (broad SMARTS) is 1. The van der Waals surface area contributed by atoms with Crippen LogP contribution in [0.1, 0.15) is 21.9 Å². The molecule has 0 spiro atoms. The fourth-order valence-electron chi connectivity index (χ4n) is 1.91. The standard InChI is InChI=1S/C10H12N2O7S/c1-4-7(10(14)15)8(5(2)19-4)20(16,17)12-6-3-18-11-9(6)13/h6,12H,3H2,1-2H3,(H,11,13)(H,14,15)/t6-/m1/s1. The Morgan fingerprint density at radius 1 is 1.40 bits per heavy atom. The van der Waals surface area contributed by atoms with Gasteiger partial charge in [-0.15, -0.1) is 0 Å². The minimum absolute atomic E-state index is 0.0255. The first-order valence-electron chi connectivity index (χ1n) is 5.51. The van der Waals surface area contributed by atoms with E-state index < -0.39 is 38.4 Å². The molecule has 0 aliphatic carbocycles. The molecule has 0 aromatic carbocycles. The average molecular weight is 304 g/mol. The van der Waals surface area contributed by atoms with Gasteiger partial charge in [0.15, 0.2) is 0 Å². The molecule has 1 aromatic heterocycles. The minimum Gasteiger partial charge on any atom is -0.478 e. The van der Waals surface area contributed by atoms with Gasteiger partial charge < -0.3 is 9.52 Å². The molecule has 1 aliphatic heterocycles. The van der Waals surface area contributed by atoms with Crippen LogP contribution in [0.3, 0.4) is 0 Å². The summed E-state index contributed by atoms with van der Waals surface area (Å²) < 4.78 is 31.6. The molecule has 10 heteroatoms. The summed E-state index contributed by atoms with van der Waals surface area (Å²) in [4.78, 5) is 26.6. The van der Waals surface area contributed by atoms with Crippen molar-refractivity contribution in [3.63, 3.8) is 0 Å². The van der Waals surface area contributed by atoms with E-state index in [4.69, 9.17) is 9.52 Å². The maximum absolute atomic E-state index is 12.2. The number of hydroxylamine groups is 1. The zero-order valence-electron chi connectivity index (χ0n) is 10.6. The second-order valence-electron chi connectivity index (χ2n) is 4.17. The lowest BCUT2D eigenvalue weighted by Gasteiger charge is -2.09. The van der Waals surface area contributed by atoms with E-state index >= 15 is 0 Å². The van der Waals surface area contributed by atoms with Gasteiger partial charge in [0.25, 0.3) is 5.91 Å². The van der Waals surface area contributed by atoms with Gasteiger partial charge in [-0.05, 0) is 13.8 Å². The molecule has 0 saturated carbocycles. The average Bonchev–Trinajstić information content (AvgIpc) is 2.82. The van der Waals surface area contributed by atoms with Crippen LogP contribution >= 0.6 is 0 Å². The molecule has 0 unspecified atom stereocenters. The number of sulfonamides is 1. The molecule has 110 valence electrons. The summed E-state index contributed by atoms with van der Waals surface area (Å²) in [5, 5.41) is 9.08. The SMILES string of the molecule is Cc1oc(C)c(S(=O)(=O)N[C@@H]2CONC2=O)c1C(=O)O. The summed E-state index contributed by atoms with van der Waals surface area (Å²) >= 11 is 0. The van der Waals surface area contributed by atoms with Gasteiger partial charge >= 0.3 is 5.97 Å². The van der Waals surface area contributed by atoms with Crippen LogP contribution in [0.5, 0.6) is 0 Å². The van der Waals surface area contributed by atoms with Crippen LogP contribution in [0.25, 0.3) is 0 Å². The summed E-state index contributed by atoms with van der Waals surface area (Å²) in [7, 11) is -4.23. The van der Waals surface area contributed by atoms with Crippen LogP contribution in [0.2, 0.25) is 0 Å². The first-order valence-corrected chi connectivity index (χ1v) is 6.99. The number of carbonyl (C=O) groups is 2. The first kappa shape index (κ1) is 14.5. The highest BCUT2D eigenvalue weighted by molar-refractivity contribution is 7.89. The lowest BCUT2D eigenvalue weighted by molar-refractivity contribution is -0.124. The van der Waals surface area contributed by atoms with Gasteiger partial charge in [-0.3, -0.25) is 9.63 Å². The van der Waals surface area contributed by atoms with Crippen molar-refractivity contribution in [2.24, 2.45) is 0 Å². The second-order valence-corrected chi connectivity index (χ2v) is 5.83. The van der Waals surface area contributed by atoms with Crippen LogP contribution < -0.4 is 10.2 Å². The van der Waals surface area contributed by atoms with Crippen molar-refractivity contribution in [3.05, 3.63) is 17.1 Å². The molecular formula is C10H12N2O7S. The lowest BCUT2D eigenvalue weighted by atomic mass is 10.2. The Morgan fingerprint density at radius 3 is 2.55 bits per heavy atom. The molecule has 9 nitrogen and oxygen atoms in total. The van der Waals surface area contributed by atoms with E-state index in [9.17, 15) is 18.0 Å². The fourth-order valence-corrected chi connectivity index (χ4v) is 3.50. The number of hydrogen-bond acceptors (Lipinski definition) is 6. The first-order chi connectivity index (χ1) is 9.24. The number of aryl methyl sites for hydroxylation is 2. The van der Waals surface area contributed by atoms with Crippen molar-refractivity contribution < 1.29 is 32.4 Å². The number of nitrogens with one attached hydrogen (secondary N) is 2. The Kier molecular flexibility index (Phi) is 3.54. The van der Waals surface area contributed by atoms with E-state index in [1.165, 1.54) is 13.8 Å². The number of carboxylic acids is 1. The van der Waals surface area contributed by atoms with E-state index in [2.05, 4.69) is 9.56 Å². The summed E-state index contributed by atoms with van der Waals surface area (Å²) in [5.74, 6) is -2.16. The number of rotatable bonds is 4. The van der Waals surface area contributed by atoms with Crippen LogP contribution in [0, 0.1) is 13.8 Å². The Morgan fingerprint density at radius 2 is 2.05 bits per heavy atom. The largest absolute Gasteiger partial charge is 0.478 e. The Balaban J connectivity index is 2.44. The quantitative estimate of drug-likeness (QED) is 0.669. The van der Waals surface area contributed by atoms with Crippen molar-refractivity contribution in [1.82, 2.24) is 10.2 Å². The van der Waals surface area contributed by atoms with Crippen molar-refractivity contribution in [3.8, 4) is 0 Å². The van der Waals surface area contributed by atoms with E-state index in [0.717, 1.165) is 0 Å². The maximum atomic E-state index is 12.2. The lowest BCUT2D eigenvalue weighted by Crippen LogP contribution is -2.42. The number of carbonyl (C=O) groups excluding carboxylic acids is 1. The van der Waals surface area contributed by atoms with Gasteiger partial charge in [-0.2, -0.15) is 4.72 Å². The third kappa shape index (κ3) is 2.40. The molecule has 1 saturated heterocycles. The number of hydrogen-bond donors (Lipinski definition) is 3. The molecule has 1 fully saturated rings. The van der Waals surface area contributed by atoms with Gasteiger partial charge in [-0.25, -0.2) is 18.7 Å². The molecule has 2 rings (SSSR count). The van der Waals surface area contributed by atoms with Gasteiger partial charge in [0.2, 0.25) is 10.0 Å². The van der Waals surface area contributed by atoms with E-state index in [-0.39, 0.29) is 18.1 Å². The van der Waals surface area contributed by atoms with E-state index in [1.54, 1.807) is 0 Å². The van der Waals surface area contributed by atoms with Gasteiger partial charge in [-0.1, -0.05) is 0 Å². The molecule has 20 heavy (non-hydrogen) atoms. The molecule has 1 aromatic rings. The van der Waals surface area contributed by atoms with Crippen LogP contribution in [-0.2, 0) is 19.7 Å². The highest BCUT2D eigenvalue weighted by Crippen LogP contribution is 2.26. The number of amides is 1. The molecule has 3 N–H and O–H groups in total. The predicted octanol–water partition coefficient (Wildman–Crippen LogP) is -0.697. The number of aromatic carboxylic acids is 1. The van der Waals surface area contributed by atoms with Crippen LogP contribution in [0.4, 0.5) is 0 Å². The van der Waals surface area contributed by atoms with Crippen molar-refractivity contribution in [2.75, 3.05) is 6.61 Å². The second kappa shape index (κ2) is 4.89. The third-order valence-corrected chi connectivity index (χ3v) is 4.35. The highest BCUT2D eigenvalue weighted by atomic mass is 32.2. The fraction of sp³-hybridized carbons (Fsp3) is 0.400. The van der Waals surface area contributed by atoms with Gasteiger partial charge in [0, 0.05) is 0 Å². The van der Waals surface area contributed by atoms with Crippen molar-refractivity contribution in [1.29, 1.82) is 0 Å². The molecular weight excluding hydrogens is 292 g/mol. The minimum atomic E-state index is -4.23. The molecule has 1 atom stereocenters. The Hall–Kier alpha value is -1.91. The maximum Gasteiger partial charge on any atom is 0.340 e. The predicted molar refractivity (Wildman–Crippen MR) is 63.3 cm³/mol. The Labute approximate surface area is 113 Å². The zero-order valence-corrected chi connectivity index (χ0v) is 11.4. The number of furan rings is 1. The topological polar surface area (TPSA) is 135 Å². The highest BCUT2D eigenvalue weighted by Gasteiger charge is 2.36. The smallest absolute Gasteiger partial charge is 0.340 e.